The van der Waals surface area contributed by atoms with Gasteiger partial charge in [0.05, 0.1) is 24.1 Å². The van der Waals surface area contributed by atoms with Crippen LogP contribution in [-0.4, -0.2) is 21.9 Å². The van der Waals surface area contributed by atoms with Crippen molar-refractivity contribution in [2.24, 2.45) is 5.92 Å². The molecule has 0 aliphatic heterocycles. The van der Waals surface area contributed by atoms with Crippen LogP contribution in [-0.2, 0) is 0 Å². The van der Waals surface area contributed by atoms with Crippen LogP contribution >= 0.6 is 22.9 Å². The van der Waals surface area contributed by atoms with Crippen molar-refractivity contribution in [2.75, 3.05) is 7.11 Å². The largest absolute Gasteiger partial charge is 0.497 e. The number of hydrogen-bond donors (Lipinski definition) is 1. The van der Waals surface area contributed by atoms with Gasteiger partial charge in [-0.15, -0.1) is 0 Å². The number of benzene rings is 2. The highest BCUT2D eigenvalue weighted by molar-refractivity contribution is 7.17. The van der Waals surface area contributed by atoms with Gasteiger partial charge in [-0.05, 0) is 54.4 Å². The van der Waals surface area contributed by atoms with E-state index in [2.05, 4.69) is 10.1 Å². The summed E-state index contributed by atoms with van der Waals surface area (Å²) in [7, 11) is 1.61. The average molecular weight is 476 g/mol. The molecule has 0 amide bonds. The van der Waals surface area contributed by atoms with E-state index in [-0.39, 0.29) is 5.56 Å². The van der Waals surface area contributed by atoms with Crippen LogP contribution in [0.1, 0.15) is 22.7 Å². The fourth-order valence-electron chi connectivity index (χ4n) is 3.69. The third-order valence-corrected chi connectivity index (χ3v) is 6.61. The molecule has 0 aliphatic rings. The Morgan fingerprint density at radius 2 is 1.79 bits per heavy atom. The van der Waals surface area contributed by atoms with Crippen molar-refractivity contribution in [2.45, 2.75) is 12.8 Å². The van der Waals surface area contributed by atoms with Crippen molar-refractivity contribution in [1.29, 1.82) is 10.5 Å². The fourth-order valence-corrected chi connectivity index (χ4v) is 4.70. The van der Waals surface area contributed by atoms with E-state index in [4.69, 9.17) is 16.3 Å². The van der Waals surface area contributed by atoms with Crippen LogP contribution in [0.3, 0.4) is 0 Å². The lowest BCUT2D eigenvalue weighted by molar-refractivity contribution is 0.415. The summed E-state index contributed by atoms with van der Waals surface area (Å²) < 4.78 is 6.56. The van der Waals surface area contributed by atoms with Crippen LogP contribution < -0.4 is 10.3 Å². The number of nitrogens with zero attached hydrogens (tertiary/aromatic N) is 4. The summed E-state index contributed by atoms with van der Waals surface area (Å²) in [6.07, 6.45) is 1.70. The van der Waals surface area contributed by atoms with E-state index in [0.717, 1.165) is 16.2 Å². The summed E-state index contributed by atoms with van der Waals surface area (Å²) in [5.74, 6) is -1.03. The molecule has 0 saturated carbocycles. The zero-order valence-electron chi connectivity index (χ0n) is 17.7. The molecule has 1 atom stereocenters. The number of ether oxygens (including phenoxy) is 1. The van der Waals surface area contributed by atoms with Gasteiger partial charge in [0.15, 0.2) is 0 Å². The predicted molar refractivity (Wildman–Crippen MR) is 127 cm³/mol. The van der Waals surface area contributed by atoms with E-state index in [0.29, 0.717) is 27.0 Å². The van der Waals surface area contributed by atoms with Gasteiger partial charge in [-0.3, -0.25) is 9.89 Å². The second-order valence-electron chi connectivity index (χ2n) is 7.29. The first-order valence-corrected chi connectivity index (χ1v) is 11.1. The Bertz CT molecular complexity index is 1410. The van der Waals surface area contributed by atoms with Crippen molar-refractivity contribution in [1.82, 2.24) is 14.8 Å². The topological polar surface area (TPSA) is 107 Å². The molecule has 0 radical (unpaired) electrons. The lowest BCUT2D eigenvalue weighted by Gasteiger charge is -2.17. The van der Waals surface area contributed by atoms with Gasteiger partial charge in [-0.1, -0.05) is 35.1 Å². The molecule has 2 heterocycles. The second-order valence-corrected chi connectivity index (χ2v) is 8.74. The summed E-state index contributed by atoms with van der Waals surface area (Å²) >= 11 is 7.36. The van der Waals surface area contributed by atoms with Gasteiger partial charge in [-0.25, -0.2) is 4.98 Å². The molecule has 164 valence electrons. The SMILES string of the molecule is COc1ccc(-c2cnc(-n3[nH]c(C)c(C(c4ccc(Cl)cc4)C(C#N)C#N)c3=O)s2)cc1. The molecule has 4 rings (SSSR count). The minimum atomic E-state index is -1.05. The number of methoxy groups -OCH3 is 1. The first-order chi connectivity index (χ1) is 16.0. The molecule has 0 fully saturated rings. The first-order valence-electron chi connectivity index (χ1n) is 9.93. The number of aromatic nitrogens is 3. The molecule has 0 aliphatic carbocycles. The van der Waals surface area contributed by atoms with Crippen molar-refractivity contribution >= 4 is 22.9 Å². The second kappa shape index (κ2) is 9.33. The number of halogens is 1. The number of rotatable bonds is 6. The van der Waals surface area contributed by atoms with E-state index >= 15 is 0 Å². The van der Waals surface area contributed by atoms with E-state index in [9.17, 15) is 15.3 Å². The maximum atomic E-state index is 13.5. The minimum Gasteiger partial charge on any atom is -0.497 e. The van der Waals surface area contributed by atoms with Crippen LogP contribution in [0.2, 0.25) is 5.02 Å². The van der Waals surface area contributed by atoms with E-state index in [1.807, 2.05) is 36.4 Å². The summed E-state index contributed by atoms with van der Waals surface area (Å²) in [5, 5.41) is 23.3. The normalized spacial score (nSPS) is 11.7. The Balaban J connectivity index is 1.78. The molecule has 0 saturated heterocycles. The zero-order valence-corrected chi connectivity index (χ0v) is 19.3. The van der Waals surface area contributed by atoms with Gasteiger partial charge in [-0.2, -0.15) is 15.2 Å². The summed E-state index contributed by atoms with van der Waals surface area (Å²) in [6.45, 7) is 1.75. The fraction of sp³-hybridized carbons (Fsp3) is 0.167. The van der Waals surface area contributed by atoms with Crippen molar-refractivity contribution in [3.63, 3.8) is 0 Å². The van der Waals surface area contributed by atoms with Crippen LogP contribution in [0, 0.1) is 35.5 Å². The monoisotopic (exact) mass is 475 g/mol. The standard InChI is InChI=1S/C24H18ClN5O2S/c1-14-21(22(17(11-26)12-27)16-3-7-18(25)8-4-16)23(31)30(29-14)24-28-13-20(33-24)15-5-9-19(32-2)10-6-15/h3-10,13,17,22,29H,1-2H3. The maximum absolute atomic E-state index is 13.5. The highest BCUT2D eigenvalue weighted by atomic mass is 35.5. The van der Waals surface area contributed by atoms with E-state index in [1.165, 1.54) is 16.0 Å². The smallest absolute Gasteiger partial charge is 0.277 e. The molecule has 0 bridgehead atoms. The average Bonchev–Trinajstić information content (AvgIpc) is 3.43. The molecule has 9 heteroatoms. The lowest BCUT2D eigenvalue weighted by atomic mass is 9.82. The van der Waals surface area contributed by atoms with Crippen LogP contribution in [0.15, 0.2) is 59.5 Å². The predicted octanol–water partition coefficient (Wildman–Crippen LogP) is 5.05. The van der Waals surface area contributed by atoms with Gasteiger partial charge >= 0.3 is 0 Å². The summed E-state index contributed by atoms with van der Waals surface area (Å²) in [5.41, 5.74) is 2.18. The molecule has 0 spiro atoms. The number of aryl methyl sites for hydroxylation is 1. The number of hydrogen-bond acceptors (Lipinski definition) is 6. The zero-order chi connectivity index (χ0) is 23.5. The molecule has 2 aromatic heterocycles. The number of aromatic amines is 1. The molecule has 1 N–H and O–H groups in total. The summed E-state index contributed by atoms with van der Waals surface area (Å²) in [6, 6.07) is 18.4. The third-order valence-electron chi connectivity index (χ3n) is 5.33. The van der Waals surface area contributed by atoms with Gasteiger partial charge in [0, 0.05) is 28.4 Å². The van der Waals surface area contributed by atoms with Crippen LogP contribution in [0.5, 0.6) is 5.75 Å². The Labute approximate surface area is 199 Å². The first kappa shape index (κ1) is 22.3. The highest BCUT2D eigenvalue weighted by Gasteiger charge is 2.31. The van der Waals surface area contributed by atoms with Crippen molar-refractivity contribution in [3.05, 3.63) is 86.9 Å². The molecule has 33 heavy (non-hydrogen) atoms. The van der Waals surface area contributed by atoms with Crippen molar-refractivity contribution in [3.8, 4) is 33.5 Å². The van der Waals surface area contributed by atoms with E-state index < -0.39 is 11.8 Å². The van der Waals surface area contributed by atoms with Crippen LogP contribution in [0.25, 0.3) is 15.6 Å². The molecule has 2 aromatic carbocycles. The Morgan fingerprint density at radius 3 is 2.39 bits per heavy atom. The number of nitrogens with one attached hydrogen (secondary N) is 1. The molecule has 7 nitrogen and oxygen atoms in total. The Kier molecular flexibility index (Phi) is 6.32. The number of nitriles is 2. The molecular formula is C24H18ClN5O2S. The van der Waals surface area contributed by atoms with Crippen molar-refractivity contribution < 1.29 is 4.74 Å². The third kappa shape index (κ3) is 4.27. The number of H-pyrrole nitrogens is 1. The molecule has 4 aromatic rings. The van der Waals surface area contributed by atoms with Gasteiger partial charge in [0.25, 0.3) is 5.56 Å². The maximum Gasteiger partial charge on any atom is 0.277 e. The number of thiazole rings is 1. The van der Waals surface area contributed by atoms with Gasteiger partial charge in [0.2, 0.25) is 5.13 Å². The summed E-state index contributed by atoms with van der Waals surface area (Å²) in [4.78, 5) is 18.8. The van der Waals surface area contributed by atoms with Gasteiger partial charge < -0.3 is 4.74 Å². The highest BCUT2D eigenvalue weighted by Crippen LogP contribution is 2.33. The quantitative estimate of drug-likeness (QED) is 0.419. The minimum absolute atomic E-state index is 0.349. The molecular weight excluding hydrogens is 458 g/mol. The van der Waals surface area contributed by atoms with Gasteiger partial charge in [0.1, 0.15) is 11.7 Å². The van der Waals surface area contributed by atoms with E-state index in [1.54, 1.807) is 44.5 Å². The Hall–Kier alpha value is -3.85. The lowest BCUT2D eigenvalue weighted by Crippen LogP contribution is -2.23. The van der Waals surface area contributed by atoms with Crippen LogP contribution in [0.4, 0.5) is 0 Å². The molecule has 1 unspecified atom stereocenters. The Morgan fingerprint density at radius 1 is 1.12 bits per heavy atom.